The van der Waals surface area contributed by atoms with Crippen LogP contribution in [0.15, 0.2) is 24.3 Å². The minimum absolute atomic E-state index is 0.104. The van der Waals surface area contributed by atoms with Crippen molar-refractivity contribution < 1.29 is 9.53 Å². The quantitative estimate of drug-likeness (QED) is 0.943. The monoisotopic (exact) mass is 293 g/mol. The largest absolute Gasteiger partial charge is 0.482 e. The third-order valence-corrected chi connectivity index (χ3v) is 3.03. The predicted octanol–water partition coefficient (Wildman–Crippen LogP) is 2.71. The van der Waals surface area contributed by atoms with Crippen LogP contribution in [0.1, 0.15) is 11.3 Å². The molecule has 0 unspecified atom stereocenters. The van der Waals surface area contributed by atoms with Crippen LogP contribution in [0.4, 0.5) is 5.82 Å². The van der Waals surface area contributed by atoms with Crippen molar-refractivity contribution in [3.8, 4) is 5.75 Å². The van der Waals surface area contributed by atoms with Gasteiger partial charge in [-0.25, -0.2) is 0 Å². The molecule has 1 heterocycles. The molecule has 1 amide bonds. The van der Waals surface area contributed by atoms with Crippen LogP contribution in [0.25, 0.3) is 0 Å². The lowest BCUT2D eigenvalue weighted by Crippen LogP contribution is -2.21. The second-order valence-electron chi connectivity index (χ2n) is 4.57. The molecule has 0 radical (unpaired) electrons. The number of aryl methyl sites for hydroxylation is 3. The number of nitrogens with one attached hydrogen (secondary N) is 1. The zero-order valence-electron chi connectivity index (χ0n) is 11.6. The molecule has 1 aromatic heterocycles. The Hall–Kier alpha value is -2.01. The number of ether oxygens (including phenoxy) is 1. The van der Waals surface area contributed by atoms with Crippen molar-refractivity contribution in [1.29, 1.82) is 0 Å². The highest BCUT2D eigenvalue weighted by molar-refractivity contribution is 6.32. The third-order valence-electron chi connectivity index (χ3n) is 2.71. The molecule has 0 saturated heterocycles. The van der Waals surface area contributed by atoms with Gasteiger partial charge in [-0.1, -0.05) is 17.7 Å². The molecule has 0 atom stereocenters. The van der Waals surface area contributed by atoms with Gasteiger partial charge in [0.25, 0.3) is 5.91 Å². The van der Waals surface area contributed by atoms with Gasteiger partial charge in [0.2, 0.25) is 0 Å². The lowest BCUT2D eigenvalue weighted by Gasteiger charge is -2.09. The molecule has 20 heavy (non-hydrogen) atoms. The number of benzene rings is 1. The summed E-state index contributed by atoms with van der Waals surface area (Å²) in [7, 11) is 1.76. The molecule has 0 bridgehead atoms. The molecule has 5 nitrogen and oxygen atoms in total. The van der Waals surface area contributed by atoms with E-state index in [1.165, 1.54) is 0 Å². The number of halogens is 1. The maximum atomic E-state index is 11.8. The zero-order valence-corrected chi connectivity index (χ0v) is 12.4. The molecule has 1 N–H and O–H groups in total. The number of nitrogens with zero attached hydrogens (tertiary/aromatic N) is 2. The Morgan fingerprint density at radius 3 is 2.80 bits per heavy atom. The standard InChI is InChI=1S/C14H16ClN3O2/c1-9-4-5-11(15)12(6-9)20-8-14(19)16-13-7-10(2)17-18(13)3/h4-7H,8H2,1-3H3,(H,16,19). The fourth-order valence-electron chi connectivity index (χ4n) is 1.77. The molecule has 0 aliphatic rings. The summed E-state index contributed by atoms with van der Waals surface area (Å²) in [6, 6.07) is 7.21. The fraction of sp³-hybridized carbons (Fsp3) is 0.286. The summed E-state index contributed by atoms with van der Waals surface area (Å²) < 4.78 is 7.03. The van der Waals surface area contributed by atoms with Gasteiger partial charge in [-0.2, -0.15) is 5.10 Å². The zero-order chi connectivity index (χ0) is 14.7. The minimum atomic E-state index is -0.259. The summed E-state index contributed by atoms with van der Waals surface area (Å²) in [6.07, 6.45) is 0. The van der Waals surface area contributed by atoms with Crippen LogP contribution < -0.4 is 10.1 Å². The molecule has 0 saturated carbocycles. The predicted molar refractivity (Wildman–Crippen MR) is 78.3 cm³/mol. The van der Waals surface area contributed by atoms with Crippen LogP contribution in [-0.4, -0.2) is 22.3 Å². The molecule has 106 valence electrons. The number of amides is 1. The maximum absolute atomic E-state index is 11.8. The maximum Gasteiger partial charge on any atom is 0.263 e. The third kappa shape index (κ3) is 3.51. The Labute approximate surface area is 122 Å². The fourth-order valence-corrected chi connectivity index (χ4v) is 1.94. The lowest BCUT2D eigenvalue weighted by molar-refractivity contribution is -0.118. The van der Waals surface area contributed by atoms with Crippen molar-refractivity contribution in [2.24, 2.45) is 7.05 Å². The number of carbonyl (C=O) groups excluding carboxylic acids is 1. The molecule has 2 rings (SSSR count). The molecule has 0 aliphatic carbocycles. The van der Waals surface area contributed by atoms with Crippen molar-refractivity contribution in [3.63, 3.8) is 0 Å². The summed E-state index contributed by atoms with van der Waals surface area (Å²) in [5, 5.41) is 7.36. The molecule has 0 aliphatic heterocycles. The Kier molecular flexibility index (Phi) is 4.29. The normalized spacial score (nSPS) is 10.4. The first-order chi connectivity index (χ1) is 9.45. The molecule has 0 spiro atoms. The van der Waals surface area contributed by atoms with E-state index in [1.807, 2.05) is 19.9 Å². The van der Waals surface area contributed by atoms with Gasteiger partial charge in [0.1, 0.15) is 11.6 Å². The Morgan fingerprint density at radius 1 is 1.40 bits per heavy atom. The molecule has 6 heteroatoms. The van der Waals surface area contributed by atoms with Crippen LogP contribution in [-0.2, 0) is 11.8 Å². The van der Waals surface area contributed by atoms with Crippen molar-refractivity contribution in [3.05, 3.63) is 40.5 Å². The van der Waals surface area contributed by atoms with Crippen LogP contribution in [0.3, 0.4) is 0 Å². The topological polar surface area (TPSA) is 56.1 Å². The van der Waals surface area contributed by atoms with Crippen LogP contribution in [0.2, 0.25) is 5.02 Å². The average molecular weight is 294 g/mol. The summed E-state index contributed by atoms with van der Waals surface area (Å²) in [6.45, 7) is 3.69. The van der Waals surface area contributed by atoms with Gasteiger partial charge in [0, 0.05) is 13.1 Å². The van der Waals surface area contributed by atoms with Gasteiger partial charge < -0.3 is 10.1 Å². The van der Waals surface area contributed by atoms with Crippen molar-refractivity contribution in [2.75, 3.05) is 11.9 Å². The molecular formula is C14H16ClN3O2. The average Bonchev–Trinajstić information content (AvgIpc) is 2.69. The molecule has 0 fully saturated rings. The smallest absolute Gasteiger partial charge is 0.263 e. The van der Waals surface area contributed by atoms with E-state index >= 15 is 0 Å². The Balaban J connectivity index is 1.95. The number of hydrogen-bond acceptors (Lipinski definition) is 3. The number of rotatable bonds is 4. The molecular weight excluding hydrogens is 278 g/mol. The van der Waals surface area contributed by atoms with E-state index in [-0.39, 0.29) is 12.5 Å². The minimum Gasteiger partial charge on any atom is -0.482 e. The SMILES string of the molecule is Cc1ccc(Cl)c(OCC(=O)Nc2cc(C)nn2C)c1. The highest BCUT2D eigenvalue weighted by atomic mass is 35.5. The highest BCUT2D eigenvalue weighted by Gasteiger charge is 2.09. The lowest BCUT2D eigenvalue weighted by atomic mass is 10.2. The highest BCUT2D eigenvalue weighted by Crippen LogP contribution is 2.25. The van der Waals surface area contributed by atoms with Gasteiger partial charge in [0.05, 0.1) is 10.7 Å². The second-order valence-corrected chi connectivity index (χ2v) is 4.97. The van der Waals surface area contributed by atoms with Crippen molar-refractivity contribution in [1.82, 2.24) is 9.78 Å². The second kappa shape index (κ2) is 5.96. The van der Waals surface area contributed by atoms with E-state index in [4.69, 9.17) is 16.3 Å². The van der Waals surface area contributed by atoms with E-state index < -0.39 is 0 Å². The van der Waals surface area contributed by atoms with Crippen LogP contribution >= 0.6 is 11.6 Å². The first-order valence-electron chi connectivity index (χ1n) is 6.15. The number of carbonyl (C=O) groups is 1. The summed E-state index contributed by atoms with van der Waals surface area (Å²) in [5.41, 5.74) is 1.86. The van der Waals surface area contributed by atoms with Crippen molar-refractivity contribution in [2.45, 2.75) is 13.8 Å². The van der Waals surface area contributed by atoms with E-state index in [0.29, 0.717) is 16.6 Å². The number of aromatic nitrogens is 2. The van der Waals surface area contributed by atoms with E-state index in [2.05, 4.69) is 10.4 Å². The number of anilines is 1. The van der Waals surface area contributed by atoms with Gasteiger partial charge in [0.15, 0.2) is 6.61 Å². The first kappa shape index (κ1) is 14.4. The van der Waals surface area contributed by atoms with Gasteiger partial charge in [-0.15, -0.1) is 0 Å². The van der Waals surface area contributed by atoms with Gasteiger partial charge in [-0.05, 0) is 31.5 Å². The van der Waals surface area contributed by atoms with Crippen LogP contribution in [0, 0.1) is 13.8 Å². The molecule has 1 aromatic carbocycles. The summed E-state index contributed by atoms with van der Waals surface area (Å²) in [5.74, 6) is 0.875. The summed E-state index contributed by atoms with van der Waals surface area (Å²) in [4.78, 5) is 11.8. The number of hydrogen-bond donors (Lipinski definition) is 1. The van der Waals surface area contributed by atoms with E-state index in [0.717, 1.165) is 11.3 Å². The molecule has 2 aromatic rings. The summed E-state index contributed by atoms with van der Waals surface area (Å²) >= 11 is 6.00. The van der Waals surface area contributed by atoms with E-state index in [9.17, 15) is 4.79 Å². The van der Waals surface area contributed by atoms with Gasteiger partial charge >= 0.3 is 0 Å². The first-order valence-corrected chi connectivity index (χ1v) is 6.53. The van der Waals surface area contributed by atoms with Gasteiger partial charge in [-0.3, -0.25) is 9.48 Å². The van der Waals surface area contributed by atoms with Crippen LogP contribution in [0.5, 0.6) is 5.75 Å². The Morgan fingerprint density at radius 2 is 2.15 bits per heavy atom. The Bertz CT molecular complexity index is 637. The van der Waals surface area contributed by atoms with E-state index in [1.54, 1.807) is 29.9 Å². The van der Waals surface area contributed by atoms with Crippen molar-refractivity contribution >= 4 is 23.3 Å².